The van der Waals surface area contributed by atoms with Gasteiger partial charge in [-0.1, -0.05) is 31.4 Å². The summed E-state index contributed by atoms with van der Waals surface area (Å²) in [7, 11) is -4.78. The molecular weight excluding hydrogens is 402 g/mol. The Labute approximate surface area is 163 Å². The van der Waals surface area contributed by atoms with Crippen LogP contribution in [0.15, 0.2) is 23.3 Å². The van der Waals surface area contributed by atoms with Crippen LogP contribution in [0.3, 0.4) is 0 Å². The van der Waals surface area contributed by atoms with Gasteiger partial charge in [-0.25, -0.2) is 4.57 Å². The maximum absolute atomic E-state index is 13.2. The van der Waals surface area contributed by atoms with Crippen molar-refractivity contribution in [2.24, 2.45) is 5.73 Å². The van der Waals surface area contributed by atoms with Crippen molar-refractivity contribution < 1.29 is 41.9 Å². The second kappa shape index (κ2) is 12.7. The second-order valence-corrected chi connectivity index (χ2v) is 7.81. The quantitative estimate of drug-likeness (QED) is 0.188. The minimum absolute atomic E-state index is 0.0395. The highest BCUT2D eigenvalue weighted by Crippen LogP contribution is 2.37. The lowest BCUT2D eigenvalue weighted by atomic mass is 9.93. The molecule has 0 radical (unpaired) electrons. The Morgan fingerprint density at radius 1 is 1.25 bits per heavy atom. The second-order valence-electron chi connectivity index (χ2n) is 6.58. The van der Waals surface area contributed by atoms with E-state index >= 15 is 0 Å². The van der Waals surface area contributed by atoms with Gasteiger partial charge < -0.3 is 25.4 Å². The Kier molecular flexibility index (Phi) is 12.4. The van der Waals surface area contributed by atoms with Crippen molar-refractivity contribution >= 4 is 7.82 Å². The average molecular weight is 433 g/mol. The Morgan fingerprint density at radius 2 is 1.89 bits per heavy atom. The van der Waals surface area contributed by atoms with E-state index in [2.05, 4.69) is 4.52 Å². The number of allylic oxidation sites excluding steroid dienone is 3. The van der Waals surface area contributed by atoms with Crippen LogP contribution >= 0.6 is 7.82 Å². The number of aliphatic hydroxyl groups is 1. The SMILES string of the molecule is C/C=C(\C=C(/COCCCCC)C(F)(F)F)CCC(N)(CO)COP(=O)(O)O. The monoisotopic (exact) mass is 433 g/mol. The number of rotatable bonds is 14. The molecule has 0 fully saturated rings. The summed E-state index contributed by atoms with van der Waals surface area (Å²) in [5, 5.41) is 9.37. The zero-order chi connectivity index (χ0) is 21.8. The molecule has 0 aromatic carbocycles. The normalized spacial score (nSPS) is 16.3. The zero-order valence-corrected chi connectivity index (χ0v) is 17.1. The first kappa shape index (κ1) is 27.3. The highest BCUT2D eigenvalue weighted by molar-refractivity contribution is 7.46. The van der Waals surface area contributed by atoms with Gasteiger partial charge in [0.05, 0.1) is 30.9 Å². The highest BCUT2D eigenvalue weighted by Gasteiger charge is 2.34. The lowest BCUT2D eigenvalue weighted by Crippen LogP contribution is -2.47. The lowest BCUT2D eigenvalue weighted by Gasteiger charge is -2.27. The van der Waals surface area contributed by atoms with Gasteiger partial charge >= 0.3 is 14.0 Å². The summed E-state index contributed by atoms with van der Waals surface area (Å²) in [6, 6.07) is 0. The van der Waals surface area contributed by atoms with Crippen molar-refractivity contribution in [2.75, 3.05) is 26.4 Å². The third kappa shape index (κ3) is 12.7. The van der Waals surface area contributed by atoms with E-state index in [1.54, 1.807) is 6.92 Å². The van der Waals surface area contributed by atoms with Crippen LogP contribution in [0, 0.1) is 0 Å². The van der Waals surface area contributed by atoms with Crippen molar-refractivity contribution in [2.45, 2.75) is 57.7 Å². The summed E-state index contributed by atoms with van der Waals surface area (Å²) >= 11 is 0. The van der Waals surface area contributed by atoms with Crippen LogP contribution in [0.1, 0.15) is 46.0 Å². The minimum Gasteiger partial charge on any atom is -0.394 e. The van der Waals surface area contributed by atoms with Gasteiger partial charge in [0, 0.05) is 6.61 Å². The molecule has 0 heterocycles. The predicted molar refractivity (Wildman–Crippen MR) is 99.5 cm³/mol. The molecule has 166 valence electrons. The van der Waals surface area contributed by atoms with Gasteiger partial charge in [-0.3, -0.25) is 4.52 Å². The van der Waals surface area contributed by atoms with E-state index in [0.29, 0.717) is 12.0 Å². The van der Waals surface area contributed by atoms with Crippen molar-refractivity contribution in [3.05, 3.63) is 23.3 Å². The molecule has 1 atom stereocenters. The van der Waals surface area contributed by atoms with Gasteiger partial charge in [-0.2, -0.15) is 13.2 Å². The third-order valence-electron chi connectivity index (χ3n) is 3.99. The van der Waals surface area contributed by atoms with Gasteiger partial charge in [-0.15, -0.1) is 0 Å². The van der Waals surface area contributed by atoms with Crippen LogP contribution in [-0.4, -0.2) is 53.0 Å². The molecule has 0 aromatic rings. The number of aliphatic hydroxyl groups excluding tert-OH is 1. The van der Waals surface area contributed by atoms with E-state index in [9.17, 15) is 22.8 Å². The van der Waals surface area contributed by atoms with Crippen LogP contribution in [-0.2, 0) is 13.8 Å². The molecule has 0 aromatic heterocycles. The van der Waals surface area contributed by atoms with E-state index in [4.69, 9.17) is 20.3 Å². The van der Waals surface area contributed by atoms with Crippen molar-refractivity contribution in [1.29, 1.82) is 0 Å². The standard InChI is InChI=1S/C17H31F3NO6P/c1-3-5-6-9-26-11-15(17(18,19)20)10-14(4-2)7-8-16(21,12-22)13-27-28(23,24)25/h4,10,22H,3,5-9,11-13,21H2,1-2H3,(H2,23,24,25)/b14-4-,15-10+. The van der Waals surface area contributed by atoms with E-state index in [1.807, 2.05) is 6.92 Å². The Bertz CT molecular complexity index is 562. The molecule has 0 saturated carbocycles. The zero-order valence-electron chi connectivity index (χ0n) is 16.2. The van der Waals surface area contributed by atoms with Crippen molar-refractivity contribution in [3.63, 3.8) is 0 Å². The van der Waals surface area contributed by atoms with Crippen LogP contribution in [0.5, 0.6) is 0 Å². The lowest BCUT2D eigenvalue weighted by molar-refractivity contribution is -0.101. The van der Waals surface area contributed by atoms with Crippen LogP contribution in [0.25, 0.3) is 0 Å². The summed E-state index contributed by atoms with van der Waals surface area (Å²) in [6.07, 6.45) is 0.401. The fourth-order valence-corrected chi connectivity index (χ4v) is 2.59. The van der Waals surface area contributed by atoms with Crippen molar-refractivity contribution in [3.8, 4) is 0 Å². The largest absolute Gasteiger partial charge is 0.469 e. The molecule has 5 N–H and O–H groups in total. The summed E-state index contributed by atoms with van der Waals surface area (Å²) in [4.78, 5) is 17.5. The maximum Gasteiger partial charge on any atom is 0.469 e. The number of ether oxygens (including phenoxy) is 1. The molecule has 0 bridgehead atoms. The maximum atomic E-state index is 13.2. The van der Waals surface area contributed by atoms with Crippen LogP contribution in [0.4, 0.5) is 13.2 Å². The van der Waals surface area contributed by atoms with Gasteiger partial charge in [-0.05, 0) is 32.3 Å². The number of halogens is 3. The first-order valence-corrected chi connectivity index (χ1v) is 10.5. The molecule has 28 heavy (non-hydrogen) atoms. The highest BCUT2D eigenvalue weighted by atomic mass is 31.2. The number of hydrogen-bond donors (Lipinski definition) is 4. The first-order valence-electron chi connectivity index (χ1n) is 8.97. The summed E-state index contributed by atoms with van der Waals surface area (Å²) in [5.41, 5.74) is 3.81. The van der Waals surface area contributed by atoms with E-state index < -0.39 is 44.9 Å². The van der Waals surface area contributed by atoms with Gasteiger partial charge in [0.1, 0.15) is 0 Å². The number of hydrogen-bond acceptors (Lipinski definition) is 5. The first-order chi connectivity index (χ1) is 12.9. The molecule has 0 amide bonds. The van der Waals surface area contributed by atoms with Gasteiger partial charge in [0.2, 0.25) is 0 Å². The molecular formula is C17H31F3NO6P. The molecule has 11 heteroatoms. The number of alkyl halides is 3. The molecule has 7 nitrogen and oxygen atoms in total. The molecule has 1 unspecified atom stereocenters. The van der Waals surface area contributed by atoms with Crippen LogP contribution < -0.4 is 5.73 Å². The Hall–Kier alpha value is -0.740. The van der Waals surface area contributed by atoms with Crippen molar-refractivity contribution in [1.82, 2.24) is 0 Å². The van der Waals surface area contributed by atoms with E-state index in [0.717, 1.165) is 18.9 Å². The number of phosphoric acid groups is 1. The molecule has 0 saturated heterocycles. The molecule has 0 aliphatic heterocycles. The molecule has 0 spiro atoms. The molecule has 0 aliphatic carbocycles. The third-order valence-corrected chi connectivity index (χ3v) is 4.46. The fourth-order valence-electron chi connectivity index (χ4n) is 2.17. The summed E-state index contributed by atoms with van der Waals surface area (Å²) in [6.45, 7) is 1.92. The van der Waals surface area contributed by atoms with E-state index in [1.165, 1.54) is 6.08 Å². The number of nitrogens with two attached hydrogens (primary N) is 1. The van der Waals surface area contributed by atoms with E-state index in [-0.39, 0.29) is 19.4 Å². The predicted octanol–water partition coefficient (Wildman–Crippen LogP) is 3.21. The summed E-state index contributed by atoms with van der Waals surface area (Å²) < 4.78 is 59.9. The topological polar surface area (TPSA) is 122 Å². The smallest absolute Gasteiger partial charge is 0.394 e. The molecule has 0 rings (SSSR count). The average Bonchev–Trinajstić information content (AvgIpc) is 2.60. The van der Waals surface area contributed by atoms with Gasteiger partial charge in [0.25, 0.3) is 0 Å². The molecule has 0 aliphatic rings. The van der Waals surface area contributed by atoms with Crippen LogP contribution in [0.2, 0.25) is 0 Å². The number of phosphoric ester groups is 1. The Balaban J connectivity index is 5.00. The number of unbranched alkanes of at least 4 members (excludes halogenated alkanes) is 2. The summed E-state index contributed by atoms with van der Waals surface area (Å²) in [5.74, 6) is 0. The fraction of sp³-hybridized carbons (Fsp3) is 0.765. The minimum atomic E-state index is -4.78. The Morgan fingerprint density at radius 3 is 2.36 bits per heavy atom. The van der Waals surface area contributed by atoms with Gasteiger partial charge in [0.15, 0.2) is 0 Å².